The number of nitrogens with zero attached hydrogens (tertiary/aromatic N) is 1. The van der Waals surface area contributed by atoms with Crippen LogP contribution in [0, 0.1) is 5.82 Å². The van der Waals surface area contributed by atoms with Crippen LogP contribution in [0.1, 0.15) is 5.56 Å². The van der Waals surface area contributed by atoms with Gasteiger partial charge in [-0.3, -0.25) is 4.99 Å². The summed E-state index contributed by atoms with van der Waals surface area (Å²) in [6, 6.07) is 4.26. The van der Waals surface area contributed by atoms with Crippen molar-refractivity contribution in [3.8, 4) is 5.75 Å². The zero-order valence-corrected chi connectivity index (χ0v) is 8.71. The van der Waals surface area contributed by atoms with Crippen molar-refractivity contribution in [1.82, 2.24) is 10.6 Å². The number of halogens is 1. The van der Waals surface area contributed by atoms with Crippen LogP contribution < -0.4 is 10.6 Å². The van der Waals surface area contributed by atoms with E-state index in [9.17, 15) is 4.39 Å². The van der Waals surface area contributed by atoms with Crippen molar-refractivity contribution in [3.63, 3.8) is 0 Å². The molecule has 5 heteroatoms. The molecule has 82 valence electrons. The highest BCUT2D eigenvalue weighted by Crippen LogP contribution is 2.15. The number of benzene rings is 1. The smallest absolute Gasteiger partial charge is 0.190 e. The molecule has 0 unspecified atom stereocenters. The standard InChI is InChI=1S/C10H14FN3O/c1-12-10(13-2)14-6-7-3-4-9(15)8(11)5-7/h3-5,15H,6H2,1-2H3,(H2,12,13,14). The maximum Gasteiger partial charge on any atom is 0.190 e. The maximum absolute atomic E-state index is 12.9. The van der Waals surface area contributed by atoms with E-state index in [4.69, 9.17) is 5.11 Å². The maximum atomic E-state index is 12.9. The van der Waals surface area contributed by atoms with Gasteiger partial charge >= 0.3 is 0 Å². The average Bonchev–Trinajstić information content (AvgIpc) is 2.24. The highest BCUT2D eigenvalue weighted by Gasteiger charge is 2.01. The normalized spacial score (nSPS) is 11.3. The molecule has 3 N–H and O–H groups in total. The Morgan fingerprint density at radius 2 is 2.27 bits per heavy atom. The van der Waals surface area contributed by atoms with Gasteiger partial charge in [0.25, 0.3) is 0 Å². The van der Waals surface area contributed by atoms with Crippen molar-refractivity contribution < 1.29 is 9.50 Å². The van der Waals surface area contributed by atoms with Gasteiger partial charge in [-0.25, -0.2) is 4.39 Å². The van der Waals surface area contributed by atoms with Gasteiger partial charge in [0.2, 0.25) is 0 Å². The van der Waals surface area contributed by atoms with Gasteiger partial charge in [-0.1, -0.05) is 6.07 Å². The fourth-order valence-electron chi connectivity index (χ4n) is 1.13. The average molecular weight is 211 g/mol. The second-order valence-electron chi connectivity index (χ2n) is 2.96. The van der Waals surface area contributed by atoms with Crippen molar-refractivity contribution in [3.05, 3.63) is 29.6 Å². The monoisotopic (exact) mass is 211 g/mol. The molecule has 0 saturated heterocycles. The van der Waals surface area contributed by atoms with Gasteiger partial charge in [0.05, 0.1) is 0 Å². The number of aromatic hydroxyl groups is 1. The van der Waals surface area contributed by atoms with Crippen molar-refractivity contribution in [2.24, 2.45) is 4.99 Å². The first kappa shape index (κ1) is 11.3. The third-order valence-electron chi connectivity index (χ3n) is 1.93. The summed E-state index contributed by atoms with van der Waals surface area (Å²) in [5.41, 5.74) is 0.738. The molecule has 0 aliphatic heterocycles. The van der Waals surface area contributed by atoms with E-state index in [2.05, 4.69) is 15.6 Å². The molecule has 0 aliphatic rings. The summed E-state index contributed by atoms with van der Waals surface area (Å²) in [5.74, 6) is -0.325. The van der Waals surface area contributed by atoms with E-state index >= 15 is 0 Å². The SMILES string of the molecule is CN=C(NC)NCc1ccc(O)c(F)c1. The molecule has 0 aromatic heterocycles. The van der Waals surface area contributed by atoms with Crippen LogP contribution in [0.2, 0.25) is 0 Å². The summed E-state index contributed by atoms with van der Waals surface area (Å²) in [4.78, 5) is 3.91. The fourth-order valence-corrected chi connectivity index (χ4v) is 1.13. The molecular weight excluding hydrogens is 197 g/mol. The van der Waals surface area contributed by atoms with Crippen LogP contribution in [0.3, 0.4) is 0 Å². The third-order valence-corrected chi connectivity index (χ3v) is 1.93. The van der Waals surface area contributed by atoms with Gasteiger partial charge in [-0.15, -0.1) is 0 Å². The van der Waals surface area contributed by atoms with Crippen LogP contribution >= 0.6 is 0 Å². The second-order valence-corrected chi connectivity index (χ2v) is 2.96. The Kier molecular flexibility index (Phi) is 3.91. The Morgan fingerprint density at radius 1 is 1.53 bits per heavy atom. The van der Waals surface area contributed by atoms with Crippen LogP contribution in [0.4, 0.5) is 4.39 Å². The minimum Gasteiger partial charge on any atom is -0.505 e. The van der Waals surface area contributed by atoms with Crippen molar-refractivity contribution >= 4 is 5.96 Å². The Labute approximate surface area is 87.8 Å². The van der Waals surface area contributed by atoms with Gasteiger partial charge in [-0.2, -0.15) is 0 Å². The quantitative estimate of drug-likeness (QED) is 0.501. The number of guanidine groups is 1. The summed E-state index contributed by atoms with van der Waals surface area (Å²) in [6.07, 6.45) is 0. The molecule has 0 fully saturated rings. The summed E-state index contributed by atoms with van der Waals surface area (Å²) in [5, 5.41) is 14.8. The summed E-state index contributed by atoms with van der Waals surface area (Å²) < 4.78 is 12.9. The highest BCUT2D eigenvalue weighted by atomic mass is 19.1. The molecule has 0 saturated carbocycles. The van der Waals surface area contributed by atoms with Crippen LogP contribution in [0.15, 0.2) is 23.2 Å². The highest BCUT2D eigenvalue weighted by molar-refractivity contribution is 5.79. The fraction of sp³-hybridized carbons (Fsp3) is 0.300. The van der Waals surface area contributed by atoms with Gasteiger partial charge in [0, 0.05) is 20.6 Å². The molecule has 0 spiro atoms. The molecule has 0 radical (unpaired) electrons. The van der Waals surface area contributed by atoms with Crippen molar-refractivity contribution in [2.45, 2.75) is 6.54 Å². The zero-order valence-electron chi connectivity index (χ0n) is 8.71. The molecule has 0 heterocycles. The van der Waals surface area contributed by atoms with Crippen molar-refractivity contribution in [2.75, 3.05) is 14.1 Å². The van der Waals surface area contributed by atoms with Gasteiger partial charge in [-0.05, 0) is 17.7 Å². The molecule has 0 atom stereocenters. The molecular formula is C10H14FN3O. The summed E-state index contributed by atoms with van der Waals surface area (Å²) >= 11 is 0. The Hall–Kier alpha value is -1.78. The Morgan fingerprint density at radius 3 is 2.80 bits per heavy atom. The lowest BCUT2D eigenvalue weighted by atomic mass is 10.2. The first-order valence-corrected chi connectivity index (χ1v) is 4.53. The topological polar surface area (TPSA) is 56.7 Å². The molecule has 1 aromatic carbocycles. The summed E-state index contributed by atoms with van der Waals surface area (Å²) in [6.45, 7) is 0.449. The van der Waals surface area contributed by atoms with Crippen LogP contribution in [0.25, 0.3) is 0 Å². The molecule has 0 bridgehead atoms. The third kappa shape index (κ3) is 3.12. The molecule has 1 rings (SSSR count). The molecule has 0 aliphatic carbocycles. The van der Waals surface area contributed by atoms with E-state index in [1.54, 1.807) is 20.2 Å². The number of nitrogens with one attached hydrogen (secondary N) is 2. The second kappa shape index (κ2) is 5.19. The minimum atomic E-state index is -0.617. The predicted molar refractivity (Wildman–Crippen MR) is 57.3 cm³/mol. The number of phenols is 1. The van der Waals surface area contributed by atoms with Crippen LogP contribution in [-0.4, -0.2) is 25.2 Å². The van der Waals surface area contributed by atoms with E-state index < -0.39 is 5.82 Å². The lowest BCUT2D eigenvalue weighted by Crippen LogP contribution is -2.34. The van der Waals surface area contributed by atoms with Gasteiger partial charge < -0.3 is 15.7 Å². The number of hydrogen-bond acceptors (Lipinski definition) is 2. The van der Waals surface area contributed by atoms with E-state index in [1.165, 1.54) is 12.1 Å². The number of phenolic OH excluding ortho intramolecular Hbond substituents is 1. The Balaban J connectivity index is 2.62. The number of aliphatic imine (C=N–C) groups is 1. The Bertz CT molecular complexity index is 366. The largest absolute Gasteiger partial charge is 0.505 e. The van der Waals surface area contributed by atoms with E-state index in [-0.39, 0.29) is 5.75 Å². The van der Waals surface area contributed by atoms with E-state index in [0.717, 1.165) is 5.56 Å². The van der Waals surface area contributed by atoms with Crippen LogP contribution in [0.5, 0.6) is 5.75 Å². The summed E-state index contributed by atoms with van der Waals surface area (Å²) in [7, 11) is 3.39. The van der Waals surface area contributed by atoms with Crippen LogP contribution in [-0.2, 0) is 6.54 Å². The number of hydrogen-bond donors (Lipinski definition) is 3. The molecule has 0 amide bonds. The van der Waals surface area contributed by atoms with E-state index in [0.29, 0.717) is 12.5 Å². The van der Waals surface area contributed by atoms with Crippen molar-refractivity contribution in [1.29, 1.82) is 0 Å². The lowest BCUT2D eigenvalue weighted by Gasteiger charge is -2.08. The minimum absolute atomic E-state index is 0.336. The van der Waals surface area contributed by atoms with Gasteiger partial charge in [0.15, 0.2) is 17.5 Å². The number of rotatable bonds is 2. The molecule has 4 nitrogen and oxygen atoms in total. The predicted octanol–water partition coefficient (Wildman–Crippen LogP) is 0.826. The van der Waals surface area contributed by atoms with E-state index in [1.807, 2.05) is 0 Å². The zero-order chi connectivity index (χ0) is 11.3. The molecule has 1 aromatic rings. The molecule has 15 heavy (non-hydrogen) atoms. The first-order valence-electron chi connectivity index (χ1n) is 4.53. The first-order chi connectivity index (χ1) is 7.17. The van der Waals surface area contributed by atoms with Gasteiger partial charge in [0.1, 0.15) is 0 Å². The lowest BCUT2D eigenvalue weighted by molar-refractivity contribution is 0.431.